The summed E-state index contributed by atoms with van der Waals surface area (Å²) in [7, 11) is 0. The number of guanidine groups is 1. The van der Waals surface area contributed by atoms with Crippen LogP contribution in [0.1, 0.15) is 55.6 Å². The van der Waals surface area contributed by atoms with Crippen molar-refractivity contribution in [2.75, 3.05) is 6.54 Å². The third kappa shape index (κ3) is 6.39. The van der Waals surface area contributed by atoms with Crippen LogP contribution in [0.3, 0.4) is 0 Å². The van der Waals surface area contributed by atoms with E-state index in [1.165, 1.54) is 18.2 Å². The monoisotopic (exact) mass is 676 g/mol. The van der Waals surface area contributed by atoms with Crippen molar-refractivity contribution < 1.29 is 31.5 Å². The topological polar surface area (TPSA) is 149 Å². The fraction of sp³-hybridized carbons (Fsp3) is 0.345. The van der Waals surface area contributed by atoms with Crippen LogP contribution in [0, 0.1) is 5.92 Å². The van der Waals surface area contributed by atoms with Gasteiger partial charge < -0.3 is 11.1 Å². The summed E-state index contributed by atoms with van der Waals surface area (Å²) in [6.07, 6.45) is -0.226. The van der Waals surface area contributed by atoms with E-state index in [9.17, 15) is 31.5 Å². The Hall–Kier alpha value is -4.93. The van der Waals surface area contributed by atoms with Crippen molar-refractivity contribution in [3.63, 3.8) is 0 Å². The molecule has 0 radical (unpaired) electrons. The second-order valence-corrected chi connectivity index (χ2v) is 11.5. The molecule has 1 saturated carbocycles. The minimum atomic E-state index is -4.82. The average Bonchev–Trinajstić information content (AvgIpc) is 3.42. The molecule has 47 heavy (non-hydrogen) atoms. The summed E-state index contributed by atoms with van der Waals surface area (Å²) in [5.74, 6) is -4.91. The van der Waals surface area contributed by atoms with E-state index in [1.807, 2.05) is 0 Å². The fourth-order valence-corrected chi connectivity index (χ4v) is 5.32. The van der Waals surface area contributed by atoms with Gasteiger partial charge in [-0.05, 0) is 43.0 Å². The molecule has 246 valence electrons. The first-order valence-electron chi connectivity index (χ1n) is 14.3. The Morgan fingerprint density at radius 3 is 2.51 bits per heavy atom. The normalized spacial score (nSPS) is 18.0. The van der Waals surface area contributed by atoms with Crippen LogP contribution in [0.25, 0.3) is 22.6 Å². The molecule has 2 amide bonds. The van der Waals surface area contributed by atoms with Crippen molar-refractivity contribution in [3.8, 4) is 22.6 Å². The molecule has 0 bridgehead atoms. The molecular weight excluding hydrogens is 651 g/mol. The number of alkyl halides is 5. The van der Waals surface area contributed by atoms with E-state index in [0.717, 1.165) is 29.6 Å². The van der Waals surface area contributed by atoms with Gasteiger partial charge in [-0.15, -0.1) is 0 Å². The summed E-state index contributed by atoms with van der Waals surface area (Å²) in [5.41, 5.74) is 8.30. The van der Waals surface area contributed by atoms with Crippen LogP contribution in [0.5, 0.6) is 0 Å². The molecule has 0 saturated heterocycles. The van der Waals surface area contributed by atoms with E-state index < -0.39 is 49.1 Å². The van der Waals surface area contributed by atoms with E-state index in [-0.39, 0.29) is 27.9 Å². The van der Waals surface area contributed by atoms with Crippen molar-refractivity contribution in [1.29, 1.82) is 0 Å². The van der Waals surface area contributed by atoms with Gasteiger partial charge >= 0.3 is 12.7 Å². The number of carbonyl (C=O) groups excluding carboxylic acids is 2. The highest BCUT2D eigenvalue weighted by atomic mass is 35.5. The summed E-state index contributed by atoms with van der Waals surface area (Å²) in [6.45, 7) is -2.90. The molecule has 3 N–H and O–H groups in total. The zero-order valence-corrected chi connectivity index (χ0v) is 25.2. The smallest absolute Gasteiger partial charge is 0.369 e. The predicted octanol–water partition coefficient (Wildman–Crippen LogP) is 4.84. The van der Waals surface area contributed by atoms with Crippen LogP contribution in [0.4, 0.5) is 22.0 Å². The molecule has 3 heterocycles. The lowest BCUT2D eigenvalue weighted by molar-refractivity contribution is -0.179. The van der Waals surface area contributed by atoms with Crippen LogP contribution in [-0.2, 0) is 9.59 Å². The summed E-state index contributed by atoms with van der Waals surface area (Å²) in [6, 6.07) is 8.90. The Labute approximate surface area is 268 Å². The molecule has 1 fully saturated rings. The van der Waals surface area contributed by atoms with Crippen molar-refractivity contribution in [2.24, 2.45) is 16.6 Å². The Morgan fingerprint density at radius 2 is 1.85 bits per heavy atom. The summed E-state index contributed by atoms with van der Waals surface area (Å²) >= 11 is 6.33. The molecule has 1 aliphatic heterocycles. The van der Waals surface area contributed by atoms with E-state index in [2.05, 4.69) is 30.6 Å². The number of nitrogens with two attached hydrogens (primary N) is 1. The molecule has 4 aromatic rings. The molecule has 12 nitrogen and oxygen atoms in total. The number of amides is 2. The molecule has 2 aromatic heterocycles. The fourth-order valence-electron chi connectivity index (χ4n) is 5.11. The minimum absolute atomic E-state index is 0.00153. The lowest BCUT2D eigenvalue weighted by Gasteiger charge is -2.29. The number of carbonyl (C=O) groups is 2. The van der Waals surface area contributed by atoms with Gasteiger partial charge in [0.15, 0.2) is 17.8 Å². The SMILES string of the molecule is C[C@@H](C(=O)NC[C@H](c1ccc(Cl)c(-c2ncnn2C(F)F)c1)N1C(=O)[C@@H](c2ccc(-c3cnn(C4CC4)n3)cc2)N=C1N)C(F)(F)F. The number of benzene rings is 2. The highest BCUT2D eigenvalue weighted by Crippen LogP contribution is 2.37. The first kappa shape index (κ1) is 32.0. The summed E-state index contributed by atoms with van der Waals surface area (Å²) < 4.78 is 67.4. The number of nitrogens with zero attached hydrogens (tertiary/aromatic N) is 8. The van der Waals surface area contributed by atoms with Gasteiger partial charge in [-0.25, -0.2) is 9.98 Å². The van der Waals surface area contributed by atoms with E-state index in [0.29, 0.717) is 28.9 Å². The van der Waals surface area contributed by atoms with Gasteiger partial charge in [-0.2, -0.15) is 46.7 Å². The number of halogens is 6. The lowest BCUT2D eigenvalue weighted by Crippen LogP contribution is -2.47. The Kier molecular flexibility index (Phi) is 8.42. The van der Waals surface area contributed by atoms with Crippen LogP contribution < -0.4 is 11.1 Å². The number of aromatic nitrogens is 6. The van der Waals surface area contributed by atoms with Gasteiger partial charge in [-0.1, -0.05) is 41.9 Å². The number of nitrogens with one attached hydrogen (secondary N) is 1. The summed E-state index contributed by atoms with van der Waals surface area (Å²) in [5, 5.41) is 14.5. The first-order valence-corrected chi connectivity index (χ1v) is 14.7. The predicted molar refractivity (Wildman–Crippen MR) is 158 cm³/mol. The zero-order chi connectivity index (χ0) is 33.6. The Morgan fingerprint density at radius 1 is 1.13 bits per heavy atom. The van der Waals surface area contributed by atoms with Gasteiger partial charge in [0.1, 0.15) is 17.9 Å². The maximum absolute atomic E-state index is 13.9. The van der Waals surface area contributed by atoms with Gasteiger partial charge in [0.2, 0.25) is 5.91 Å². The van der Waals surface area contributed by atoms with E-state index in [4.69, 9.17) is 17.3 Å². The van der Waals surface area contributed by atoms with Gasteiger partial charge in [0.25, 0.3) is 5.91 Å². The van der Waals surface area contributed by atoms with E-state index in [1.54, 1.807) is 35.3 Å². The maximum Gasteiger partial charge on any atom is 0.400 e. The van der Waals surface area contributed by atoms with Crippen molar-refractivity contribution in [1.82, 2.24) is 40.0 Å². The van der Waals surface area contributed by atoms with Gasteiger partial charge in [0, 0.05) is 17.7 Å². The van der Waals surface area contributed by atoms with Crippen molar-refractivity contribution in [3.05, 3.63) is 71.1 Å². The Balaban J connectivity index is 1.31. The maximum atomic E-state index is 13.9. The third-order valence-corrected chi connectivity index (χ3v) is 8.25. The van der Waals surface area contributed by atoms with Gasteiger partial charge in [0.05, 0.1) is 23.3 Å². The number of aliphatic imine (C=N–C) groups is 1. The highest BCUT2D eigenvalue weighted by molar-refractivity contribution is 6.33. The molecule has 1 aliphatic carbocycles. The van der Waals surface area contributed by atoms with Crippen molar-refractivity contribution >= 4 is 29.4 Å². The molecule has 2 aromatic carbocycles. The van der Waals surface area contributed by atoms with E-state index >= 15 is 0 Å². The van der Waals surface area contributed by atoms with Crippen LogP contribution >= 0.6 is 11.6 Å². The second-order valence-electron chi connectivity index (χ2n) is 11.1. The van der Waals surface area contributed by atoms with Crippen molar-refractivity contribution in [2.45, 2.75) is 50.6 Å². The molecular formula is C29H26ClF5N10O2. The average molecular weight is 677 g/mol. The lowest BCUT2D eigenvalue weighted by atomic mass is 9.99. The minimum Gasteiger partial charge on any atom is -0.369 e. The number of rotatable bonds is 10. The molecule has 18 heteroatoms. The zero-order valence-electron chi connectivity index (χ0n) is 24.4. The third-order valence-electron chi connectivity index (χ3n) is 7.92. The first-order chi connectivity index (χ1) is 22.3. The molecule has 3 atom stereocenters. The molecule has 0 unspecified atom stereocenters. The quantitative estimate of drug-likeness (QED) is 0.228. The molecule has 2 aliphatic rings. The van der Waals surface area contributed by atoms with Crippen LogP contribution in [0.15, 0.2) is 60.0 Å². The molecule has 0 spiro atoms. The van der Waals surface area contributed by atoms with Crippen LogP contribution in [0.2, 0.25) is 5.02 Å². The largest absolute Gasteiger partial charge is 0.400 e. The standard InChI is InChI=1S/C29H26ClF5N10O2/c1-14(29(33,34)35)25(46)37-12-22(17-6-9-20(30)19(10-17)24-38-13-40-44(24)27(31)32)43-26(47)23(41-28(43)36)16-4-2-15(3-5-16)21-11-39-45(42-21)18-7-8-18/h2-6,9-11,13-14,18,22-23,27H,7-8,12H2,1H3,(H2,36,41)(H,37,46)/t14-,22+,23+/m0/s1. The summed E-state index contributed by atoms with van der Waals surface area (Å²) in [4.78, 5) is 37.3. The second kappa shape index (κ2) is 12.4. The highest BCUT2D eigenvalue weighted by Gasteiger charge is 2.43. The van der Waals surface area contributed by atoms with Gasteiger partial charge in [-0.3, -0.25) is 14.5 Å². The Bertz CT molecular complexity index is 1840. The molecule has 6 rings (SSSR count). The van der Waals surface area contributed by atoms with Crippen LogP contribution in [-0.4, -0.2) is 65.2 Å². The number of hydrogen-bond acceptors (Lipinski definition) is 8. The number of hydrogen-bond donors (Lipinski definition) is 2.